The Hall–Kier alpha value is -1.74. The number of benzene rings is 2. The highest BCUT2D eigenvalue weighted by Gasteiger charge is 2.19. The first-order chi connectivity index (χ1) is 9.33. The van der Waals surface area contributed by atoms with Crippen LogP contribution in [0.3, 0.4) is 0 Å². The third-order valence-corrected chi connectivity index (χ3v) is 4.19. The van der Waals surface area contributed by atoms with Crippen LogP contribution in [0.1, 0.15) is 17.2 Å². The van der Waals surface area contributed by atoms with Crippen LogP contribution in [0, 0.1) is 6.92 Å². The second-order valence-corrected chi connectivity index (χ2v) is 5.62. The minimum absolute atomic E-state index is 0.276. The number of rotatable bonds is 2. The molecule has 0 saturated carbocycles. The molecule has 2 nitrogen and oxygen atoms in total. The highest BCUT2D eigenvalue weighted by atomic mass is 32.2. The van der Waals surface area contributed by atoms with Gasteiger partial charge in [-0.3, -0.25) is 4.99 Å². The maximum Gasteiger partial charge on any atom is 0.161 e. The summed E-state index contributed by atoms with van der Waals surface area (Å²) in [5, 5.41) is 4.44. The van der Waals surface area contributed by atoms with Crippen molar-refractivity contribution in [1.29, 1.82) is 0 Å². The minimum Gasteiger partial charge on any atom is -0.335 e. The highest BCUT2D eigenvalue weighted by Crippen LogP contribution is 2.31. The normalized spacial score (nSPS) is 18.2. The molecule has 0 fully saturated rings. The molecule has 0 radical (unpaired) electrons. The quantitative estimate of drug-likeness (QED) is 0.880. The first-order valence-corrected chi connectivity index (χ1v) is 7.40. The molecular formula is C16H16N2S. The van der Waals surface area contributed by atoms with Crippen LogP contribution >= 0.6 is 11.8 Å². The first kappa shape index (κ1) is 12.3. The van der Waals surface area contributed by atoms with Crippen molar-refractivity contribution in [2.24, 2.45) is 4.99 Å². The van der Waals surface area contributed by atoms with Gasteiger partial charge in [0.05, 0.1) is 6.04 Å². The van der Waals surface area contributed by atoms with E-state index in [9.17, 15) is 0 Å². The third kappa shape index (κ3) is 2.82. The lowest BCUT2D eigenvalue weighted by molar-refractivity contribution is 0.849. The van der Waals surface area contributed by atoms with Gasteiger partial charge >= 0.3 is 0 Å². The third-order valence-electron chi connectivity index (χ3n) is 3.22. The molecule has 0 bridgehead atoms. The topological polar surface area (TPSA) is 24.4 Å². The average Bonchev–Trinajstić information content (AvgIpc) is 2.91. The monoisotopic (exact) mass is 268 g/mol. The summed E-state index contributed by atoms with van der Waals surface area (Å²) in [4.78, 5) is 4.76. The van der Waals surface area contributed by atoms with Gasteiger partial charge in [0.15, 0.2) is 5.17 Å². The fourth-order valence-corrected chi connectivity index (χ4v) is 3.08. The number of hydrogen-bond donors (Lipinski definition) is 1. The first-order valence-electron chi connectivity index (χ1n) is 6.41. The van der Waals surface area contributed by atoms with E-state index in [1.165, 1.54) is 11.1 Å². The molecule has 96 valence electrons. The van der Waals surface area contributed by atoms with Crippen molar-refractivity contribution in [2.75, 3.05) is 11.1 Å². The highest BCUT2D eigenvalue weighted by molar-refractivity contribution is 8.14. The molecule has 0 aliphatic carbocycles. The number of hydrogen-bond acceptors (Lipinski definition) is 3. The van der Waals surface area contributed by atoms with E-state index in [2.05, 4.69) is 54.7 Å². The molecule has 1 aliphatic heterocycles. The van der Waals surface area contributed by atoms with Gasteiger partial charge in [0.25, 0.3) is 0 Å². The Labute approximate surface area is 118 Å². The smallest absolute Gasteiger partial charge is 0.161 e. The summed E-state index contributed by atoms with van der Waals surface area (Å²) >= 11 is 1.79. The van der Waals surface area contributed by atoms with E-state index >= 15 is 0 Å². The summed E-state index contributed by atoms with van der Waals surface area (Å²) in [7, 11) is 0. The summed E-state index contributed by atoms with van der Waals surface area (Å²) in [6.45, 7) is 2.11. The molecule has 1 unspecified atom stereocenters. The van der Waals surface area contributed by atoms with Crippen LogP contribution in [-0.4, -0.2) is 10.9 Å². The number of nitrogens with zero attached hydrogens (tertiary/aromatic N) is 1. The van der Waals surface area contributed by atoms with Gasteiger partial charge in [0.2, 0.25) is 0 Å². The van der Waals surface area contributed by atoms with E-state index in [1.54, 1.807) is 11.8 Å². The van der Waals surface area contributed by atoms with Gasteiger partial charge in [-0.2, -0.15) is 0 Å². The van der Waals surface area contributed by atoms with Crippen LogP contribution in [0.4, 0.5) is 5.69 Å². The van der Waals surface area contributed by atoms with Crippen molar-refractivity contribution in [2.45, 2.75) is 13.0 Å². The minimum atomic E-state index is 0.276. The van der Waals surface area contributed by atoms with E-state index in [0.29, 0.717) is 0 Å². The fraction of sp³-hybridized carbons (Fsp3) is 0.188. The van der Waals surface area contributed by atoms with E-state index in [4.69, 9.17) is 4.99 Å². The standard InChI is InChI=1S/C16H16N2S/c1-12-7-5-6-10-14(12)17-16-18-15(11-19-16)13-8-3-2-4-9-13/h2-10,15H,11H2,1H3,(H,17,18). The molecule has 3 rings (SSSR count). The van der Waals surface area contributed by atoms with Crippen LogP contribution in [0.15, 0.2) is 59.6 Å². The van der Waals surface area contributed by atoms with Crippen molar-refractivity contribution >= 4 is 22.6 Å². The summed E-state index contributed by atoms with van der Waals surface area (Å²) < 4.78 is 0. The lowest BCUT2D eigenvalue weighted by Crippen LogP contribution is -2.05. The summed E-state index contributed by atoms with van der Waals surface area (Å²) in [5.41, 5.74) is 3.67. The van der Waals surface area contributed by atoms with Crippen molar-refractivity contribution in [3.05, 3.63) is 65.7 Å². The van der Waals surface area contributed by atoms with E-state index < -0.39 is 0 Å². The predicted octanol–water partition coefficient (Wildman–Crippen LogP) is 4.25. The van der Waals surface area contributed by atoms with Gasteiger partial charge in [-0.05, 0) is 24.1 Å². The molecule has 2 aromatic carbocycles. The molecule has 19 heavy (non-hydrogen) atoms. The molecule has 2 aromatic rings. The van der Waals surface area contributed by atoms with Crippen LogP contribution in [0.5, 0.6) is 0 Å². The van der Waals surface area contributed by atoms with Crippen molar-refractivity contribution in [1.82, 2.24) is 0 Å². The zero-order valence-corrected chi connectivity index (χ0v) is 11.7. The van der Waals surface area contributed by atoms with Gasteiger partial charge in [-0.1, -0.05) is 60.3 Å². The van der Waals surface area contributed by atoms with Crippen LogP contribution in [-0.2, 0) is 0 Å². The Morgan fingerprint density at radius 1 is 1.05 bits per heavy atom. The van der Waals surface area contributed by atoms with Crippen LogP contribution in [0.25, 0.3) is 0 Å². The molecule has 1 atom stereocenters. The molecule has 0 aromatic heterocycles. The number of aryl methyl sites for hydroxylation is 1. The largest absolute Gasteiger partial charge is 0.335 e. The second-order valence-electron chi connectivity index (χ2n) is 4.61. The van der Waals surface area contributed by atoms with Crippen LogP contribution < -0.4 is 5.32 Å². The molecule has 0 spiro atoms. The molecular weight excluding hydrogens is 252 g/mol. The Kier molecular flexibility index (Phi) is 3.56. The number of aliphatic imine (C=N–C) groups is 1. The Balaban J connectivity index is 1.76. The van der Waals surface area contributed by atoms with Gasteiger partial charge in [-0.15, -0.1) is 0 Å². The number of thioether (sulfide) groups is 1. The fourth-order valence-electron chi connectivity index (χ4n) is 2.12. The zero-order valence-electron chi connectivity index (χ0n) is 10.8. The maximum atomic E-state index is 4.76. The van der Waals surface area contributed by atoms with Crippen LogP contribution in [0.2, 0.25) is 0 Å². The molecule has 0 saturated heterocycles. The predicted molar refractivity (Wildman–Crippen MR) is 83.9 cm³/mol. The Morgan fingerprint density at radius 3 is 2.58 bits per heavy atom. The van der Waals surface area contributed by atoms with E-state index in [1.807, 2.05) is 12.1 Å². The van der Waals surface area contributed by atoms with Crippen molar-refractivity contribution in [3.8, 4) is 0 Å². The maximum absolute atomic E-state index is 4.76. The lowest BCUT2D eigenvalue weighted by atomic mass is 10.1. The summed E-state index contributed by atoms with van der Waals surface area (Å²) in [5.74, 6) is 1.01. The average molecular weight is 268 g/mol. The van der Waals surface area contributed by atoms with E-state index in [0.717, 1.165) is 16.6 Å². The number of nitrogens with one attached hydrogen (secondary N) is 1. The molecule has 3 heteroatoms. The second kappa shape index (κ2) is 5.49. The van der Waals surface area contributed by atoms with Gasteiger partial charge in [0, 0.05) is 11.4 Å². The number of para-hydroxylation sites is 1. The summed E-state index contributed by atoms with van der Waals surface area (Å²) in [6, 6.07) is 19.0. The van der Waals surface area contributed by atoms with Gasteiger partial charge in [0.1, 0.15) is 0 Å². The van der Waals surface area contributed by atoms with Crippen molar-refractivity contribution < 1.29 is 0 Å². The molecule has 0 amide bonds. The Bertz CT molecular complexity index is 593. The Morgan fingerprint density at radius 2 is 1.79 bits per heavy atom. The van der Waals surface area contributed by atoms with Crippen molar-refractivity contribution in [3.63, 3.8) is 0 Å². The van der Waals surface area contributed by atoms with E-state index in [-0.39, 0.29) is 6.04 Å². The zero-order chi connectivity index (χ0) is 13.1. The van der Waals surface area contributed by atoms with Gasteiger partial charge in [-0.25, -0.2) is 0 Å². The number of anilines is 1. The SMILES string of the molecule is Cc1ccccc1NC1=NC(c2ccccc2)CS1. The van der Waals surface area contributed by atoms with Gasteiger partial charge < -0.3 is 5.32 Å². The lowest BCUT2D eigenvalue weighted by Gasteiger charge is -2.07. The summed E-state index contributed by atoms with van der Waals surface area (Å²) in [6.07, 6.45) is 0. The molecule has 1 aliphatic rings. The molecule has 1 heterocycles. The molecule has 1 N–H and O–H groups in total. The number of amidine groups is 1.